The van der Waals surface area contributed by atoms with Gasteiger partial charge in [0.25, 0.3) is 0 Å². The van der Waals surface area contributed by atoms with Gasteiger partial charge < -0.3 is 0 Å². The topological polar surface area (TPSA) is 25.8 Å². The summed E-state index contributed by atoms with van der Waals surface area (Å²) in [6.45, 7) is 4.33. The van der Waals surface area contributed by atoms with Gasteiger partial charge in [0.05, 0.1) is 9.26 Å². The second-order valence-electron chi connectivity index (χ2n) is 3.81. The van der Waals surface area contributed by atoms with E-state index in [1.807, 2.05) is 0 Å². The van der Waals surface area contributed by atoms with E-state index in [1.165, 1.54) is 6.42 Å². The Morgan fingerprint density at radius 1 is 1.50 bits per heavy atom. The molecule has 4 heteroatoms. The molecule has 0 N–H and O–H groups in total. The number of nitrogens with zero attached hydrogens (tertiary/aromatic N) is 2. The third kappa shape index (κ3) is 1.89. The number of hydrogen-bond donors (Lipinski definition) is 0. The maximum atomic E-state index is 6.06. The highest BCUT2D eigenvalue weighted by atomic mass is 127. The maximum Gasteiger partial charge on any atom is 0.146 e. The Balaban J connectivity index is 2.38. The van der Waals surface area contributed by atoms with E-state index in [-0.39, 0.29) is 0 Å². The smallest absolute Gasteiger partial charge is 0.146 e. The largest absolute Gasteiger partial charge is 0.236 e. The minimum Gasteiger partial charge on any atom is -0.236 e. The van der Waals surface area contributed by atoms with E-state index in [9.17, 15) is 0 Å². The van der Waals surface area contributed by atoms with Crippen molar-refractivity contribution in [3.63, 3.8) is 0 Å². The van der Waals surface area contributed by atoms with E-state index in [1.54, 1.807) is 0 Å². The summed E-state index contributed by atoms with van der Waals surface area (Å²) in [5.41, 5.74) is 1.08. The van der Waals surface area contributed by atoms with Crippen LogP contribution in [0.3, 0.4) is 0 Å². The van der Waals surface area contributed by atoms with E-state index in [4.69, 9.17) is 11.6 Å². The lowest BCUT2D eigenvalue weighted by molar-refractivity contribution is 0.816. The first kappa shape index (κ1) is 10.6. The molecule has 2 atom stereocenters. The number of aryl methyl sites for hydroxylation is 1. The van der Waals surface area contributed by atoms with Gasteiger partial charge >= 0.3 is 0 Å². The summed E-state index contributed by atoms with van der Waals surface area (Å²) >= 11 is 8.27. The van der Waals surface area contributed by atoms with Crippen LogP contribution in [0.1, 0.15) is 37.7 Å². The van der Waals surface area contributed by atoms with Crippen molar-refractivity contribution in [2.75, 3.05) is 0 Å². The molecular weight excluding hydrogens is 310 g/mol. The zero-order valence-corrected chi connectivity index (χ0v) is 11.1. The Hall–Kier alpha value is 0.100. The van der Waals surface area contributed by atoms with Gasteiger partial charge in [-0.3, -0.25) is 0 Å². The van der Waals surface area contributed by atoms with Gasteiger partial charge in [0.1, 0.15) is 11.0 Å². The summed E-state index contributed by atoms with van der Waals surface area (Å²) in [5.74, 6) is 2.23. The Bertz CT molecular complexity index is 367. The van der Waals surface area contributed by atoms with Crippen LogP contribution in [0.15, 0.2) is 0 Å². The number of rotatable bonds is 2. The molecule has 1 fully saturated rings. The fourth-order valence-electron chi connectivity index (χ4n) is 1.56. The molecule has 0 amide bonds. The highest BCUT2D eigenvalue weighted by Gasteiger charge is 2.37. The Kier molecular flexibility index (Phi) is 2.98. The molecule has 0 aromatic carbocycles. The van der Waals surface area contributed by atoms with Crippen molar-refractivity contribution in [2.24, 2.45) is 5.92 Å². The minimum absolute atomic E-state index is 0.551. The Morgan fingerprint density at radius 2 is 2.14 bits per heavy atom. The molecule has 2 rings (SSSR count). The van der Waals surface area contributed by atoms with Crippen LogP contribution in [0, 0.1) is 9.49 Å². The third-order valence-electron chi connectivity index (χ3n) is 2.67. The van der Waals surface area contributed by atoms with Gasteiger partial charge in [0.15, 0.2) is 0 Å². The van der Waals surface area contributed by atoms with Crippen molar-refractivity contribution < 1.29 is 0 Å². The molecule has 1 aliphatic rings. The van der Waals surface area contributed by atoms with Crippen molar-refractivity contribution in [1.82, 2.24) is 9.97 Å². The summed E-state index contributed by atoms with van der Waals surface area (Å²) in [5, 5.41) is 0.617. The molecule has 0 saturated heterocycles. The predicted octanol–water partition coefficient (Wildman–Crippen LogP) is 3.42. The first-order valence-electron chi connectivity index (χ1n) is 4.85. The summed E-state index contributed by atoms with van der Waals surface area (Å²) in [7, 11) is 0. The van der Waals surface area contributed by atoms with Crippen molar-refractivity contribution >= 4 is 34.2 Å². The van der Waals surface area contributed by atoms with Gasteiger partial charge in [-0.1, -0.05) is 25.4 Å². The zero-order valence-electron chi connectivity index (χ0n) is 8.22. The lowest BCUT2D eigenvalue weighted by atomic mass is 10.3. The quantitative estimate of drug-likeness (QED) is 0.616. The molecule has 76 valence electrons. The fraction of sp³-hybridized carbons (Fsp3) is 0.600. The Morgan fingerprint density at radius 3 is 2.64 bits per heavy atom. The standard InChI is InChI=1S/C10H12ClIN2/c1-3-7-8(12)9(11)14-10(13-7)6-4-5(6)2/h5-6H,3-4H2,1-2H3. The van der Waals surface area contributed by atoms with E-state index in [0.717, 1.165) is 27.4 Å². The molecule has 0 bridgehead atoms. The molecule has 1 saturated carbocycles. The SMILES string of the molecule is CCc1nc(C2CC2C)nc(Cl)c1I. The Labute approximate surface area is 103 Å². The normalized spacial score (nSPS) is 25.1. The van der Waals surface area contributed by atoms with E-state index in [0.29, 0.717) is 11.1 Å². The van der Waals surface area contributed by atoms with Crippen molar-refractivity contribution in [3.05, 3.63) is 20.2 Å². The monoisotopic (exact) mass is 322 g/mol. The lowest BCUT2D eigenvalue weighted by Crippen LogP contribution is -2.02. The van der Waals surface area contributed by atoms with Crippen LogP contribution >= 0.6 is 34.2 Å². The van der Waals surface area contributed by atoms with Gasteiger partial charge in [-0.2, -0.15) is 0 Å². The van der Waals surface area contributed by atoms with Gasteiger partial charge in [-0.15, -0.1) is 0 Å². The maximum absolute atomic E-state index is 6.06. The van der Waals surface area contributed by atoms with Gasteiger partial charge in [-0.05, 0) is 41.4 Å². The number of aromatic nitrogens is 2. The van der Waals surface area contributed by atoms with E-state index in [2.05, 4.69) is 46.4 Å². The van der Waals surface area contributed by atoms with Crippen molar-refractivity contribution in [3.8, 4) is 0 Å². The fourth-order valence-corrected chi connectivity index (χ4v) is 2.38. The average Bonchev–Trinajstić information content (AvgIpc) is 2.87. The molecule has 14 heavy (non-hydrogen) atoms. The first-order valence-corrected chi connectivity index (χ1v) is 6.31. The highest BCUT2D eigenvalue weighted by molar-refractivity contribution is 14.1. The van der Waals surface area contributed by atoms with Gasteiger partial charge in [-0.25, -0.2) is 9.97 Å². The second kappa shape index (κ2) is 3.93. The molecule has 1 aliphatic carbocycles. The van der Waals surface area contributed by atoms with Crippen LogP contribution in [0.5, 0.6) is 0 Å². The van der Waals surface area contributed by atoms with Crippen LogP contribution < -0.4 is 0 Å². The number of hydrogen-bond acceptors (Lipinski definition) is 2. The molecule has 1 aromatic heterocycles. The van der Waals surface area contributed by atoms with Crippen molar-refractivity contribution in [2.45, 2.75) is 32.6 Å². The minimum atomic E-state index is 0.551. The molecule has 0 radical (unpaired) electrons. The highest BCUT2D eigenvalue weighted by Crippen LogP contribution is 2.45. The van der Waals surface area contributed by atoms with Crippen molar-refractivity contribution in [1.29, 1.82) is 0 Å². The van der Waals surface area contributed by atoms with Gasteiger partial charge in [0, 0.05) is 5.92 Å². The molecule has 0 aliphatic heterocycles. The molecule has 2 nitrogen and oxygen atoms in total. The van der Waals surface area contributed by atoms with Gasteiger partial charge in [0.2, 0.25) is 0 Å². The molecule has 1 heterocycles. The summed E-state index contributed by atoms with van der Waals surface area (Å²) in [6.07, 6.45) is 2.13. The zero-order chi connectivity index (χ0) is 10.3. The second-order valence-corrected chi connectivity index (χ2v) is 5.24. The predicted molar refractivity (Wildman–Crippen MR) is 65.7 cm³/mol. The third-order valence-corrected chi connectivity index (χ3v) is 4.40. The summed E-state index contributed by atoms with van der Waals surface area (Å²) in [6, 6.07) is 0. The first-order chi connectivity index (χ1) is 6.63. The van der Waals surface area contributed by atoms with Crippen LogP contribution in [0.4, 0.5) is 0 Å². The van der Waals surface area contributed by atoms with Crippen LogP contribution in [0.2, 0.25) is 5.15 Å². The average molecular weight is 323 g/mol. The molecule has 0 spiro atoms. The molecule has 2 unspecified atom stereocenters. The van der Waals surface area contributed by atoms with Crippen LogP contribution in [-0.4, -0.2) is 9.97 Å². The van der Waals surface area contributed by atoms with E-state index >= 15 is 0 Å². The molecule has 1 aromatic rings. The summed E-state index contributed by atoms with van der Waals surface area (Å²) < 4.78 is 1.00. The molecular formula is C10H12ClIN2. The van der Waals surface area contributed by atoms with Crippen LogP contribution in [0.25, 0.3) is 0 Å². The van der Waals surface area contributed by atoms with Crippen LogP contribution in [-0.2, 0) is 6.42 Å². The summed E-state index contributed by atoms with van der Waals surface area (Å²) in [4.78, 5) is 8.90. The lowest BCUT2D eigenvalue weighted by Gasteiger charge is -2.05. The number of halogens is 2. The van der Waals surface area contributed by atoms with E-state index < -0.39 is 0 Å².